The van der Waals surface area contributed by atoms with Crippen molar-refractivity contribution in [3.8, 4) is 0 Å². The normalized spacial score (nSPS) is 10.0. The second kappa shape index (κ2) is 2.78. The number of rotatable bonds is 0. The number of halogens is 4. The Bertz CT molecular complexity index is 23.0. The molecule has 0 aliphatic heterocycles. The molecule has 0 saturated carbocycles. The second-order valence-corrected chi connectivity index (χ2v) is 0.495. The molecule has 0 fully saturated rings. The Balaban J connectivity index is 0. The first-order valence-corrected chi connectivity index (χ1v) is 0.873. The van der Waals surface area contributed by atoms with Gasteiger partial charge >= 0.3 is 33.5 Å². The van der Waals surface area contributed by atoms with E-state index in [1.54, 1.807) is 0 Å². The van der Waals surface area contributed by atoms with E-state index in [-0.39, 0.29) is 26.2 Å². The molecular weight excluding hydrogens is 296 g/mol. The van der Waals surface area contributed by atoms with Crippen LogP contribution in [0.1, 0.15) is 0 Å². The van der Waals surface area contributed by atoms with E-state index in [4.69, 9.17) is 0 Å². The molecule has 0 aliphatic rings. The van der Waals surface area contributed by atoms with Gasteiger partial charge in [-0.3, -0.25) is 0 Å². The van der Waals surface area contributed by atoms with E-state index in [0.29, 0.717) is 0 Å². The zero-order valence-corrected chi connectivity index (χ0v) is 8.29. The number of hydrogen-bond donors (Lipinski definition) is 0. The average molecular weight is 299 g/mol. The molecule has 0 aromatic carbocycles. The average Bonchev–Trinajstić information content (AvgIpc) is 0.722. The Morgan fingerprint density at radius 2 is 0.833 bits per heavy atom. The van der Waals surface area contributed by atoms with Crippen LogP contribution in [0.15, 0.2) is 0 Å². The van der Waals surface area contributed by atoms with Gasteiger partial charge in [0.15, 0.2) is 0 Å². The van der Waals surface area contributed by atoms with E-state index >= 15 is 0 Å². The molecule has 0 saturated heterocycles. The van der Waals surface area contributed by atoms with Gasteiger partial charge in [-0.1, -0.05) is 0 Å². The first-order valence-electron chi connectivity index (χ1n) is 0.873. The predicted octanol–water partition coefficient (Wildman–Crippen LogP) is 0.116. The second-order valence-electron chi connectivity index (χ2n) is 0.495. The van der Waals surface area contributed by atoms with Crippen LogP contribution < -0.4 is 0 Å². The zero-order valence-electron chi connectivity index (χ0n) is 2.80. The molecule has 0 aliphatic carbocycles. The summed E-state index contributed by atoms with van der Waals surface area (Å²) in [4.78, 5) is 0. The van der Waals surface area contributed by atoms with E-state index in [2.05, 4.69) is 0 Å². The zero-order chi connectivity index (χ0) is 4.50. The van der Waals surface area contributed by atoms with Crippen molar-refractivity contribution >= 4 is 33.5 Å². The minimum absolute atomic E-state index is 0. The van der Waals surface area contributed by atoms with Gasteiger partial charge in [-0.2, -0.15) is 0 Å². The van der Waals surface area contributed by atoms with Crippen LogP contribution in [-0.4, -0.2) is 33.5 Å². The molecule has 0 rings (SSSR count). The van der Waals surface area contributed by atoms with Crippen LogP contribution >= 0.6 is 0 Å². The summed E-state index contributed by atoms with van der Waals surface area (Å²) in [5.41, 5.74) is 0. The van der Waals surface area contributed by atoms with Gasteiger partial charge in [0.05, 0.1) is 0 Å². The maximum absolute atomic E-state index is 9.75. The summed E-state index contributed by atoms with van der Waals surface area (Å²) in [5, 5.41) is 0. The van der Waals surface area contributed by atoms with Gasteiger partial charge in [-0.25, -0.2) is 0 Å². The van der Waals surface area contributed by atoms with Crippen molar-refractivity contribution in [2.75, 3.05) is 0 Å². The Hall–Kier alpha value is 0.668. The van der Waals surface area contributed by atoms with Gasteiger partial charge in [-0.05, 0) is 0 Å². The van der Waals surface area contributed by atoms with E-state index in [1.165, 1.54) is 0 Å². The summed E-state index contributed by atoms with van der Waals surface area (Å²) in [6, 6.07) is 0. The topological polar surface area (TPSA) is 0 Å². The van der Waals surface area contributed by atoms with Gasteiger partial charge in [0.1, 0.15) is 0 Å². The van der Waals surface area contributed by atoms with Gasteiger partial charge in [0, 0.05) is 0 Å². The summed E-state index contributed by atoms with van der Waals surface area (Å²) in [6.07, 6.45) is 0. The van der Waals surface area contributed by atoms with E-state index in [9.17, 15) is 17.3 Å². The summed E-state index contributed by atoms with van der Waals surface area (Å²) in [7, 11) is -6.00. The molecule has 0 N–H and O–H groups in total. The minimum atomic E-state index is -6.00. The van der Waals surface area contributed by atoms with E-state index in [1.807, 2.05) is 0 Å². The third-order valence-corrected chi connectivity index (χ3v) is 0. The molecule has 6 heavy (non-hydrogen) atoms. The van der Waals surface area contributed by atoms with Crippen LogP contribution in [0.5, 0.6) is 0 Å². The van der Waals surface area contributed by atoms with Gasteiger partial charge in [0.2, 0.25) is 0 Å². The number of hydrogen-bond acceptors (Lipinski definition) is 0. The fourth-order valence-corrected chi connectivity index (χ4v) is 0. The van der Waals surface area contributed by atoms with E-state index < -0.39 is 7.25 Å². The molecule has 0 radical (unpaired) electrons. The van der Waals surface area contributed by atoms with Crippen molar-refractivity contribution < 1.29 is 17.3 Å². The molecule has 40 valence electrons. The molecule has 0 bridgehead atoms. The molecule has 0 atom stereocenters. The molecule has 0 aromatic heterocycles. The Labute approximate surface area is 51.1 Å². The molecule has 6 heteroatoms. The van der Waals surface area contributed by atoms with Crippen LogP contribution in [0.25, 0.3) is 0 Å². The van der Waals surface area contributed by atoms with Crippen LogP contribution in [0.2, 0.25) is 0 Å². The van der Waals surface area contributed by atoms with Gasteiger partial charge in [-0.15, -0.1) is 0 Å². The molecule has 0 heterocycles. The molecule has 0 spiro atoms. The monoisotopic (exact) mass is 299 g/mol. The quantitative estimate of drug-likeness (QED) is 0.440. The summed E-state index contributed by atoms with van der Waals surface area (Å²) in [6.45, 7) is 0. The predicted molar refractivity (Wildman–Crippen MR) is 20.1 cm³/mol. The van der Waals surface area contributed by atoms with Crippen molar-refractivity contribution in [3.05, 3.63) is 0 Å². The molecule has 0 amide bonds. The van der Waals surface area contributed by atoms with Crippen molar-refractivity contribution in [3.63, 3.8) is 0 Å². The van der Waals surface area contributed by atoms with Crippen LogP contribution in [0.4, 0.5) is 17.3 Å². The van der Waals surface area contributed by atoms with Crippen molar-refractivity contribution in [2.45, 2.75) is 0 Å². The summed E-state index contributed by atoms with van der Waals surface area (Å²) >= 11 is 0. The first kappa shape index (κ1) is 9.83. The van der Waals surface area contributed by atoms with Crippen LogP contribution in [-0.2, 0) is 0 Å². The van der Waals surface area contributed by atoms with E-state index in [0.717, 1.165) is 0 Å². The third kappa shape index (κ3) is 141. The van der Waals surface area contributed by atoms with Crippen molar-refractivity contribution in [2.24, 2.45) is 0 Å². The first-order chi connectivity index (χ1) is 2.00. The fourth-order valence-electron chi connectivity index (χ4n) is 0. The van der Waals surface area contributed by atoms with Crippen LogP contribution in [0, 0.1) is 0 Å². The molecule has 0 unspecified atom stereocenters. The Morgan fingerprint density at radius 3 is 0.833 bits per heavy atom. The van der Waals surface area contributed by atoms with Crippen LogP contribution in [0.3, 0.4) is 0 Å². The summed E-state index contributed by atoms with van der Waals surface area (Å²) < 4.78 is 39.0. The molecule has 0 nitrogen and oxygen atoms in total. The standard InChI is InChI=1S/BF4.Bi.3H/c2-1(3,4)5;;;;/q-1;;;;. The van der Waals surface area contributed by atoms with Gasteiger partial charge < -0.3 is 17.3 Å². The van der Waals surface area contributed by atoms with Gasteiger partial charge in [0.25, 0.3) is 0 Å². The molecular formula is H3BBiF4-. The Kier molecular flexibility index (Phi) is 4.55. The fraction of sp³-hybridized carbons (Fsp3) is 0. The maximum atomic E-state index is 9.75. The SMILES string of the molecule is F[B-](F)(F)F.[BiH3]. The molecule has 0 aromatic rings. The van der Waals surface area contributed by atoms with Crippen molar-refractivity contribution in [1.29, 1.82) is 0 Å². The third-order valence-electron chi connectivity index (χ3n) is 0. The Morgan fingerprint density at radius 1 is 0.833 bits per heavy atom. The summed E-state index contributed by atoms with van der Waals surface area (Å²) in [5.74, 6) is 0. The van der Waals surface area contributed by atoms with Crippen molar-refractivity contribution in [1.82, 2.24) is 0 Å².